The molecule has 1 N–H and O–H groups in total. The van der Waals surface area contributed by atoms with Gasteiger partial charge in [0.15, 0.2) is 11.7 Å². The van der Waals surface area contributed by atoms with Gasteiger partial charge < -0.3 is 14.5 Å². The van der Waals surface area contributed by atoms with Crippen LogP contribution < -0.4 is 10.1 Å². The van der Waals surface area contributed by atoms with E-state index in [4.69, 9.17) is 14.1 Å². The minimum atomic E-state index is -0.0484. The standard InChI is InChI=1S/C28H28N2O3/c1-3-24(20-14-16-23(32-2)17-15-20)29-25(31)18-19-26-30-27(21-10-6-4-7-11-21)28(33-26)22-12-8-5-9-13-22/h4-17,24H,3,18-19H2,1-2H3,(H,29,31). The van der Waals surface area contributed by atoms with E-state index >= 15 is 0 Å². The molecule has 5 heteroatoms. The van der Waals surface area contributed by atoms with Crippen LogP contribution in [0.2, 0.25) is 0 Å². The molecule has 0 saturated heterocycles. The Morgan fingerprint density at radius 3 is 2.18 bits per heavy atom. The van der Waals surface area contributed by atoms with Crippen LogP contribution in [0.4, 0.5) is 0 Å². The first-order chi connectivity index (χ1) is 16.2. The number of amides is 1. The Labute approximate surface area is 194 Å². The number of nitrogens with zero attached hydrogens (tertiary/aromatic N) is 1. The third-order valence-corrected chi connectivity index (χ3v) is 5.58. The van der Waals surface area contributed by atoms with Gasteiger partial charge in [-0.1, -0.05) is 79.7 Å². The summed E-state index contributed by atoms with van der Waals surface area (Å²) in [7, 11) is 1.64. The topological polar surface area (TPSA) is 64.4 Å². The number of hydrogen-bond donors (Lipinski definition) is 1. The second-order valence-electron chi connectivity index (χ2n) is 7.82. The lowest BCUT2D eigenvalue weighted by atomic mass is 10.0. The average molecular weight is 441 g/mol. The van der Waals surface area contributed by atoms with Crippen LogP contribution in [0.25, 0.3) is 22.6 Å². The highest BCUT2D eigenvalue weighted by molar-refractivity contribution is 5.78. The largest absolute Gasteiger partial charge is 0.497 e. The maximum atomic E-state index is 12.7. The van der Waals surface area contributed by atoms with Crippen molar-refractivity contribution in [2.24, 2.45) is 0 Å². The molecule has 0 spiro atoms. The van der Waals surface area contributed by atoms with Crippen LogP contribution in [-0.2, 0) is 11.2 Å². The number of hydrogen-bond acceptors (Lipinski definition) is 4. The summed E-state index contributed by atoms with van der Waals surface area (Å²) in [5.41, 5.74) is 3.80. The third kappa shape index (κ3) is 5.50. The van der Waals surface area contributed by atoms with Crippen molar-refractivity contribution in [3.63, 3.8) is 0 Å². The molecule has 0 fully saturated rings. The normalized spacial score (nSPS) is 11.7. The van der Waals surface area contributed by atoms with Gasteiger partial charge >= 0.3 is 0 Å². The number of methoxy groups -OCH3 is 1. The lowest BCUT2D eigenvalue weighted by Crippen LogP contribution is -2.28. The van der Waals surface area contributed by atoms with E-state index in [2.05, 4.69) is 12.2 Å². The first-order valence-corrected chi connectivity index (χ1v) is 11.2. The van der Waals surface area contributed by atoms with Crippen molar-refractivity contribution in [1.82, 2.24) is 10.3 Å². The average Bonchev–Trinajstić information content (AvgIpc) is 3.31. The molecular weight excluding hydrogens is 412 g/mol. The van der Waals surface area contributed by atoms with Crippen LogP contribution in [-0.4, -0.2) is 18.0 Å². The van der Waals surface area contributed by atoms with E-state index in [-0.39, 0.29) is 11.9 Å². The monoisotopic (exact) mass is 440 g/mol. The van der Waals surface area contributed by atoms with Gasteiger partial charge in [0.1, 0.15) is 11.4 Å². The van der Waals surface area contributed by atoms with E-state index in [1.54, 1.807) is 7.11 Å². The SMILES string of the molecule is CCC(NC(=O)CCc1nc(-c2ccccc2)c(-c2ccccc2)o1)c1ccc(OC)cc1. The first-order valence-electron chi connectivity index (χ1n) is 11.2. The molecule has 168 valence electrons. The molecule has 0 aliphatic rings. The second-order valence-corrected chi connectivity index (χ2v) is 7.82. The van der Waals surface area contributed by atoms with Crippen molar-refractivity contribution < 1.29 is 13.9 Å². The number of aryl methyl sites for hydroxylation is 1. The first kappa shape index (κ1) is 22.3. The molecule has 1 heterocycles. The Kier molecular flexibility index (Phi) is 7.20. The number of aromatic nitrogens is 1. The molecule has 0 aliphatic heterocycles. The van der Waals surface area contributed by atoms with Gasteiger partial charge in [0, 0.05) is 24.0 Å². The zero-order valence-corrected chi connectivity index (χ0v) is 19.0. The number of oxazole rings is 1. The Hall–Kier alpha value is -3.86. The summed E-state index contributed by atoms with van der Waals surface area (Å²) in [5, 5.41) is 3.13. The molecule has 0 aliphatic carbocycles. The number of benzene rings is 3. The molecule has 4 rings (SSSR count). The molecule has 0 bridgehead atoms. The predicted octanol–water partition coefficient (Wildman–Crippen LogP) is 6.22. The van der Waals surface area contributed by atoms with Crippen LogP contribution in [0.3, 0.4) is 0 Å². The van der Waals surface area contributed by atoms with Gasteiger partial charge in [0.2, 0.25) is 5.91 Å². The molecule has 1 unspecified atom stereocenters. The van der Waals surface area contributed by atoms with Gasteiger partial charge in [0.05, 0.1) is 13.2 Å². The number of rotatable bonds is 9. The van der Waals surface area contributed by atoms with E-state index in [0.717, 1.165) is 40.3 Å². The lowest BCUT2D eigenvalue weighted by Gasteiger charge is -2.17. The second kappa shape index (κ2) is 10.6. The smallest absolute Gasteiger partial charge is 0.220 e. The summed E-state index contributed by atoms with van der Waals surface area (Å²) in [6.45, 7) is 2.06. The zero-order valence-electron chi connectivity index (χ0n) is 19.0. The molecule has 1 atom stereocenters. The summed E-state index contributed by atoms with van der Waals surface area (Å²) in [4.78, 5) is 17.5. The van der Waals surface area contributed by atoms with Crippen molar-refractivity contribution in [2.75, 3.05) is 7.11 Å². The third-order valence-electron chi connectivity index (χ3n) is 5.58. The van der Waals surface area contributed by atoms with Gasteiger partial charge in [-0.3, -0.25) is 4.79 Å². The summed E-state index contributed by atoms with van der Waals surface area (Å²) in [5.74, 6) is 2.05. The quantitative estimate of drug-likeness (QED) is 0.336. The van der Waals surface area contributed by atoms with Crippen LogP contribution in [0.15, 0.2) is 89.3 Å². The maximum absolute atomic E-state index is 12.7. The predicted molar refractivity (Wildman–Crippen MR) is 130 cm³/mol. The molecule has 0 saturated carbocycles. The summed E-state index contributed by atoms with van der Waals surface area (Å²) >= 11 is 0. The van der Waals surface area contributed by atoms with Gasteiger partial charge in [-0.05, 0) is 24.1 Å². The maximum Gasteiger partial charge on any atom is 0.220 e. The molecule has 1 aromatic heterocycles. The Bertz CT molecular complexity index is 1110. The van der Waals surface area contributed by atoms with Gasteiger partial charge in [-0.15, -0.1) is 0 Å². The highest BCUT2D eigenvalue weighted by atomic mass is 16.5. The van der Waals surface area contributed by atoms with Gasteiger partial charge in [0.25, 0.3) is 0 Å². The number of carbonyl (C=O) groups excluding carboxylic acids is 1. The Morgan fingerprint density at radius 2 is 1.58 bits per heavy atom. The fourth-order valence-electron chi connectivity index (χ4n) is 3.79. The van der Waals surface area contributed by atoms with Crippen molar-refractivity contribution in [1.29, 1.82) is 0 Å². The Morgan fingerprint density at radius 1 is 0.939 bits per heavy atom. The molecule has 33 heavy (non-hydrogen) atoms. The van der Waals surface area contributed by atoms with Gasteiger partial charge in [-0.25, -0.2) is 4.98 Å². The highest BCUT2D eigenvalue weighted by Gasteiger charge is 2.18. The summed E-state index contributed by atoms with van der Waals surface area (Å²) in [6.07, 6.45) is 1.53. The van der Waals surface area contributed by atoms with E-state index in [9.17, 15) is 4.79 Å². The fourth-order valence-corrected chi connectivity index (χ4v) is 3.79. The van der Waals surface area contributed by atoms with E-state index < -0.39 is 0 Å². The van der Waals surface area contributed by atoms with Crippen LogP contribution >= 0.6 is 0 Å². The van der Waals surface area contributed by atoms with Crippen LogP contribution in [0.1, 0.15) is 37.3 Å². The van der Waals surface area contributed by atoms with Crippen LogP contribution in [0, 0.1) is 0 Å². The number of ether oxygens (including phenoxy) is 1. The molecular formula is C28H28N2O3. The van der Waals surface area contributed by atoms with Crippen molar-refractivity contribution >= 4 is 5.91 Å². The summed E-state index contributed by atoms with van der Waals surface area (Å²) < 4.78 is 11.4. The molecule has 5 nitrogen and oxygen atoms in total. The molecule has 3 aromatic carbocycles. The van der Waals surface area contributed by atoms with Gasteiger partial charge in [-0.2, -0.15) is 0 Å². The minimum absolute atomic E-state index is 0.0293. The minimum Gasteiger partial charge on any atom is -0.497 e. The molecule has 4 aromatic rings. The highest BCUT2D eigenvalue weighted by Crippen LogP contribution is 2.33. The lowest BCUT2D eigenvalue weighted by molar-refractivity contribution is -0.121. The molecule has 0 radical (unpaired) electrons. The van der Waals surface area contributed by atoms with Crippen molar-refractivity contribution in [3.8, 4) is 28.3 Å². The van der Waals surface area contributed by atoms with E-state index in [1.165, 1.54) is 0 Å². The van der Waals surface area contributed by atoms with E-state index in [1.807, 2.05) is 84.9 Å². The summed E-state index contributed by atoms with van der Waals surface area (Å²) in [6, 6.07) is 27.6. The molecule has 1 amide bonds. The number of nitrogens with one attached hydrogen (secondary N) is 1. The number of carbonyl (C=O) groups is 1. The van der Waals surface area contributed by atoms with Crippen molar-refractivity contribution in [2.45, 2.75) is 32.2 Å². The Balaban J connectivity index is 1.47. The van der Waals surface area contributed by atoms with Crippen LogP contribution in [0.5, 0.6) is 5.75 Å². The van der Waals surface area contributed by atoms with Crippen molar-refractivity contribution in [3.05, 3.63) is 96.4 Å². The zero-order chi connectivity index (χ0) is 23.0. The van der Waals surface area contributed by atoms with E-state index in [0.29, 0.717) is 18.7 Å². The fraction of sp³-hybridized carbons (Fsp3) is 0.214.